The summed E-state index contributed by atoms with van der Waals surface area (Å²) in [5.74, 6) is -0.202. The van der Waals surface area contributed by atoms with Gasteiger partial charge in [-0.05, 0) is 18.1 Å². The lowest BCUT2D eigenvalue weighted by Crippen LogP contribution is -2.47. The number of hydrogen-bond acceptors (Lipinski definition) is 4. The van der Waals surface area contributed by atoms with Gasteiger partial charge in [0, 0.05) is 26.2 Å². The molecule has 2 atom stereocenters. The van der Waals surface area contributed by atoms with Crippen molar-refractivity contribution in [2.75, 3.05) is 0 Å². The molecule has 0 aromatic carbocycles. The topological polar surface area (TPSA) is 52.6 Å². The smallest absolute Gasteiger partial charge is 0.302 e. The van der Waals surface area contributed by atoms with Gasteiger partial charge in [0.2, 0.25) is 0 Å². The first-order chi connectivity index (χ1) is 8.51. The van der Waals surface area contributed by atoms with Crippen LogP contribution < -0.4 is 0 Å². The lowest BCUT2D eigenvalue weighted by atomic mass is 9.94. The van der Waals surface area contributed by atoms with Gasteiger partial charge in [0.15, 0.2) is 8.32 Å². The van der Waals surface area contributed by atoms with Gasteiger partial charge < -0.3 is 9.16 Å². The molecule has 5 heteroatoms. The van der Waals surface area contributed by atoms with E-state index in [1.807, 2.05) is 0 Å². The molecule has 110 valence electrons. The molecule has 4 nitrogen and oxygen atoms in total. The Hall–Kier alpha value is -0.683. The summed E-state index contributed by atoms with van der Waals surface area (Å²) in [6, 6.07) is 0. The van der Waals surface area contributed by atoms with E-state index in [0.29, 0.717) is 19.3 Å². The highest BCUT2D eigenvalue weighted by Crippen LogP contribution is 2.39. The molecule has 19 heavy (non-hydrogen) atoms. The highest BCUT2D eigenvalue weighted by Gasteiger charge is 2.41. The summed E-state index contributed by atoms with van der Waals surface area (Å²) in [5.41, 5.74) is 0. The summed E-state index contributed by atoms with van der Waals surface area (Å²) >= 11 is 0. The lowest BCUT2D eigenvalue weighted by molar-refractivity contribution is -0.151. The Balaban J connectivity index is 2.68. The van der Waals surface area contributed by atoms with E-state index in [2.05, 4.69) is 33.9 Å². The third kappa shape index (κ3) is 4.73. The van der Waals surface area contributed by atoms with Crippen molar-refractivity contribution in [3.05, 3.63) is 0 Å². The van der Waals surface area contributed by atoms with E-state index < -0.39 is 8.32 Å². The first kappa shape index (κ1) is 16.4. The Morgan fingerprint density at radius 2 is 1.74 bits per heavy atom. The maximum absolute atomic E-state index is 11.7. The highest BCUT2D eigenvalue weighted by molar-refractivity contribution is 6.74. The summed E-state index contributed by atoms with van der Waals surface area (Å²) in [6.45, 7) is 12.2. The summed E-state index contributed by atoms with van der Waals surface area (Å²) < 4.78 is 11.4. The molecule has 0 aromatic rings. The van der Waals surface area contributed by atoms with Gasteiger partial charge in [-0.3, -0.25) is 9.59 Å². The van der Waals surface area contributed by atoms with Crippen molar-refractivity contribution in [2.45, 2.75) is 77.3 Å². The normalized spacial score (nSPS) is 25.3. The molecule has 0 amide bonds. The van der Waals surface area contributed by atoms with E-state index in [9.17, 15) is 9.59 Å². The standard InChI is InChI=1S/C14H26O4Si/c1-10(15)17-12-7-11(16)8-13(9-12)18-19(5,6)14(2,3)4/h12-13H,7-9H2,1-6H3/t12-,13+/m0/s1. The molecule has 1 saturated carbocycles. The fourth-order valence-corrected chi connectivity index (χ4v) is 3.43. The van der Waals surface area contributed by atoms with Crippen molar-refractivity contribution in [3.63, 3.8) is 0 Å². The van der Waals surface area contributed by atoms with E-state index in [0.717, 1.165) is 0 Å². The monoisotopic (exact) mass is 286 g/mol. The predicted octanol–water partition coefficient (Wildman–Crippen LogP) is 3.06. The van der Waals surface area contributed by atoms with Gasteiger partial charge >= 0.3 is 5.97 Å². The van der Waals surface area contributed by atoms with Gasteiger partial charge in [0.25, 0.3) is 0 Å². The maximum Gasteiger partial charge on any atom is 0.302 e. The number of rotatable bonds is 3. The van der Waals surface area contributed by atoms with Crippen LogP contribution in [0, 0.1) is 0 Å². The van der Waals surface area contributed by atoms with E-state index in [-0.39, 0.29) is 29.0 Å². The lowest BCUT2D eigenvalue weighted by Gasteiger charge is -2.41. The van der Waals surface area contributed by atoms with E-state index >= 15 is 0 Å². The molecule has 0 unspecified atom stereocenters. The molecule has 1 aliphatic carbocycles. The minimum Gasteiger partial charge on any atom is -0.462 e. The second-order valence-electron chi connectivity index (χ2n) is 6.91. The van der Waals surface area contributed by atoms with Crippen LogP contribution in [-0.4, -0.2) is 32.3 Å². The largest absolute Gasteiger partial charge is 0.462 e. The van der Waals surface area contributed by atoms with Crippen LogP contribution in [-0.2, 0) is 18.8 Å². The van der Waals surface area contributed by atoms with Crippen molar-refractivity contribution in [1.29, 1.82) is 0 Å². The van der Waals surface area contributed by atoms with Gasteiger partial charge in [-0.2, -0.15) is 0 Å². The van der Waals surface area contributed by atoms with Gasteiger partial charge in [0.1, 0.15) is 11.9 Å². The van der Waals surface area contributed by atoms with Crippen molar-refractivity contribution in [2.24, 2.45) is 0 Å². The summed E-state index contributed by atoms with van der Waals surface area (Å²) in [5, 5.41) is 0.116. The zero-order valence-electron chi connectivity index (χ0n) is 12.9. The summed E-state index contributed by atoms with van der Waals surface area (Å²) in [6.07, 6.45) is 0.999. The van der Waals surface area contributed by atoms with Crippen LogP contribution in [0.1, 0.15) is 47.0 Å². The molecule has 1 aliphatic rings. The van der Waals surface area contributed by atoms with Crippen molar-refractivity contribution >= 4 is 20.1 Å². The zero-order valence-corrected chi connectivity index (χ0v) is 13.9. The number of ketones is 1. The van der Waals surface area contributed by atoms with E-state index in [1.54, 1.807) is 0 Å². The van der Waals surface area contributed by atoms with Gasteiger partial charge in [0.05, 0.1) is 6.10 Å². The van der Waals surface area contributed by atoms with Crippen LogP contribution >= 0.6 is 0 Å². The molecule has 0 bridgehead atoms. The van der Waals surface area contributed by atoms with E-state index in [4.69, 9.17) is 9.16 Å². The molecule has 0 spiro atoms. The van der Waals surface area contributed by atoms with Crippen LogP contribution in [0.3, 0.4) is 0 Å². The average Bonchev–Trinajstić information content (AvgIpc) is 2.11. The van der Waals surface area contributed by atoms with Crippen molar-refractivity contribution in [1.82, 2.24) is 0 Å². The molecular weight excluding hydrogens is 260 g/mol. The molecule has 0 saturated heterocycles. The molecule has 0 heterocycles. The van der Waals surface area contributed by atoms with Crippen LogP contribution in [0.25, 0.3) is 0 Å². The van der Waals surface area contributed by atoms with Gasteiger partial charge in [-0.15, -0.1) is 0 Å². The van der Waals surface area contributed by atoms with Crippen LogP contribution in [0.5, 0.6) is 0 Å². The van der Waals surface area contributed by atoms with Gasteiger partial charge in [-0.25, -0.2) is 0 Å². The van der Waals surface area contributed by atoms with Crippen LogP contribution in [0.2, 0.25) is 18.1 Å². The minimum atomic E-state index is -1.88. The van der Waals surface area contributed by atoms with Crippen molar-refractivity contribution < 1.29 is 18.8 Å². The van der Waals surface area contributed by atoms with Crippen molar-refractivity contribution in [3.8, 4) is 0 Å². The molecular formula is C14H26O4Si. The van der Waals surface area contributed by atoms with Crippen LogP contribution in [0.4, 0.5) is 0 Å². The summed E-state index contributed by atoms with van der Waals surface area (Å²) in [4.78, 5) is 22.7. The number of carbonyl (C=O) groups excluding carboxylic acids is 2. The predicted molar refractivity (Wildman–Crippen MR) is 76.5 cm³/mol. The Labute approximate surface area is 117 Å². The SMILES string of the molecule is CC(=O)O[C@H]1CC(=O)C[C@@H](O[Si](C)(C)C(C)(C)C)C1. The molecule has 0 aliphatic heterocycles. The first-order valence-corrected chi connectivity index (χ1v) is 9.79. The summed E-state index contributed by atoms with van der Waals surface area (Å²) in [7, 11) is -1.88. The highest BCUT2D eigenvalue weighted by atomic mass is 28.4. The Morgan fingerprint density at radius 3 is 2.21 bits per heavy atom. The number of carbonyl (C=O) groups is 2. The number of Topliss-reactive ketones (excluding diaryl/α,β-unsaturated/α-hetero) is 1. The average molecular weight is 286 g/mol. The number of hydrogen-bond donors (Lipinski definition) is 0. The Morgan fingerprint density at radius 1 is 1.21 bits per heavy atom. The minimum absolute atomic E-state index is 0.105. The zero-order chi connectivity index (χ0) is 14.8. The molecule has 0 N–H and O–H groups in total. The number of ether oxygens (including phenoxy) is 1. The fourth-order valence-electron chi connectivity index (χ4n) is 2.06. The Bertz CT molecular complexity index is 355. The second kappa shape index (κ2) is 5.75. The quantitative estimate of drug-likeness (QED) is 0.591. The second-order valence-corrected chi connectivity index (χ2v) is 11.7. The third-order valence-corrected chi connectivity index (χ3v) is 8.57. The molecule has 0 aromatic heterocycles. The number of esters is 1. The van der Waals surface area contributed by atoms with Gasteiger partial charge in [-0.1, -0.05) is 20.8 Å². The first-order valence-electron chi connectivity index (χ1n) is 6.88. The molecule has 0 radical (unpaired) electrons. The Kier molecular flexibility index (Phi) is 4.95. The van der Waals surface area contributed by atoms with Crippen LogP contribution in [0.15, 0.2) is 0 Å². The fraction of sp³-hybridized carbons (Fsp3) is 0.857. The molecule has 1 rings (SSSR count). The van der Waals surface area contributed by atoms with E-state index in [1.165, 1.54) is 6.92 Å². The maximum atomic E-state index is 11.7. The third-order valence-electron chi connectivity index (χ3n) is 4.04. The molecule has 1 fully saturated rings.